The largest absolute Gasteiger partial charge is 0.368 e. The van der Waals surface area contributed by atoms with Crippen LogP contribution in [0.1, 0.15) is 39.0 Å². The fourth-order valence-electron chi connectivity index (χ4n) is 1.91. The van der Waals surface area contributed by atoms with E-state index in [1.807, 2.05) is 6.92 Å². The Hall–Kier alpha value is -1.06. The van der Waals surface area contributed by atoms with Gasteiger partial charge in [0.2, 0.25) is 11.8 Å². The average Bonchev–Trinajstić information content (AvgIpc) is 2.33. The average molecular weight is 198 g/mol. The summed E-state index contributed by atoms with van der Waals surface area (Å²) >= 11 is 0. The van der Waals surface area contributed by atoms with Gasteiger partial charge in [0, 0.05) is 13.0 Å². The number of carbonyl (C=O) groups is 2. The van der Waals surface area contributed by atoms with Crippen molar-refractivity contribution in [2.75, 3.05) is 6.54 Å². The number of carbonyl (C=O) groups excluding carboxylic acids is 2. The molecule has 1 aliphatic rings. The van der Waals surface area contributed by atoms with E-state index in [-0.39, 0.29) is 11.8 Å². The van der Waals surface area contributed by atoms with E-state index in [0.717, 1.165) is 19.3 Å². The first kappa shape index (κ1) is 11.0. The van der Waals surface area contributed by atoms with E-state index >= 15 is 0 Å². The number of primary amides is 1. The molecule has 1 fully saturated rings. The first-order chi connectivity index (χ1) is 6.66. The van der Waals surface area contributed by atoms with E-state index in [1.165, 1.54) is 0 Å². The molecule has 0 saturated carbocycles. The van der Waals surface area contributed by atoms with Crippen molar-refractivity contribution in [1.82, 2.24) is 4.90 Å². The zero-order valence-corrected chi connectivity index (χ0v) is 8.66. The Morgan fingerprint density at radius 1 is 1.50 bits per heavy atom. The Kier molecular flexibility index (Phi) is 3.92. The van der Waals surface area contributed by atoms with Crippen molar-refractivity contribution in [2.45, 2.75) is 45.1 Å². The molecule has 0 aromatic rings. The highest BCUT2D eigenvalue weighted by Gasteiger charge is 2.27. The monoisotopic (exact) mass is 198 g/mol. The van der Waals surface area contributed by atoms with Gasteiger partial charge >= 0.3 is 0 Å². The standard InChI is InChI=1S/C10H18N2O2/c1-2-8(10(11)14)12-7-5-3-4-6-9(12)13/h8H,2-7H2,1H3,(H2,11,14)/t8-/m0/s1. The molecule has 1 saturated heterocycles. The van der Waals surface area contributed by atoms with Crippen LogP contribution < -0.4 is 5.73 Å². The van der Waals surface area contributed by atoms with Crippen LogP contribution in [0.4, 0.5) is 0 Å². The highest BCUT2D eigenvalue weighted by atomic mass is 16.2. The molecule has 2 N–H and O–H groups in total. The van der Waals surface area contributed by atoms with E-state index in [9.17, 15) is 9.59 Å². The van der Waals surface area contributed by atoms with Crippen LogP contribution in [0.2, 0.25) is 0 Å². The maximum atomic E-state index is 11.6. The third-order valence-corrected chi connectivity index (χ3v) is 2.70. The van der Waals surface area contributed by atoms with Crippen LogP contribution in [0, 0.1) is 0 Å². The summed E-state index contributed by atoms with van der Waals surface area (Å²) < 4.78 is 0. The zero-order valence-electron chi connectivity index (χ0n) is 8.66. The zero-order chi connectivity index (χ0) is 10.6. The molecule has 4 heteroatoms. The summed E-state index contributed by atoms with van der Waals surface area (Å²) in [5.74, 6) is -0.309. The molecule has 1 heterocycles. The molecule has 0 spiro atoms. The number of likely N-dealkylation sites (tertiary alicyclic amines) is 1. The van der Waals surface area contributed by atoms with Crippen LogP contribution in [0.25, 0.3) is 0 Å². The van der Waals surface area contributed by atoms with Gasteiger partial charge in [-0.1, -0.05) is 13.3 Å². The fourth-order valence-corrected chi connectivity index (χ4v) is 1.91. The first-order valence-corrected chi connectivity index (χ1v) is 5.25. The second-order valence-electron chi connectivity index (χ2n) is 3.72. The van der Waals surface area contributed by atoms with Gasteiger partial charge < -0.3 is 10.6 Å². The minimum Gasteiger partial charge on any atom is -0.368 e. The highest BCUT2D eigenvalue weighted by molar-refractivity contribution is 5.86. The molecular formula is C10H18N2O2. The third-order valence-electron chi connectivity index (χ3n) is 2.70. The van der Waals surface area contributed by atoms with Crippen LogP contribution in [0.5, 0.6) is 0 Å². The lowest BCUT2D eigenvalue weighted by molar-refractivity contribution is -0.139. The topological polar surface area (TPSA) is 63.4 Å². The number of rotatable bonds is 3. The molecule has 2 amide bonds. The van der Waals surface area contributed by atoms with Gasteiger partial charge in [-0.25, -0.2) is 0 Å². The first-order valence-electron chi connectivity index (χ1n) is 5.25. The highest BCUT2D eigenvalue weighted by Crippen LogP contribution is 2.15. The summed E-state index contributed by atoms with van der Waals surface area (Å²) in [6, 6.07) is -0.402. The lowest BCUT2D eigenvalue weighted by Crippen LogP contribution is -2.47. The number of hydrogen-bond acceptors (Lipinski definition) is 2. The molecule has 0 unspecified atom stereocenters. The van der Waals surface area contributed by atoms with Crippen molar-refractivity contribution < 1.29 is 9.59 Å². The number of amides is 2. The van der Waals surface area contributed by atoms with Crippen LogP contribution in [0.3, 0.4) is 0 Å². The lowest BCUT2D eigenvalue weighted by atomic mass is 10.1. The third kappa shape index (κ3) is 2.47. The molecule has 0 radical (unpaired) electrons. The van der Waals surface area contributed by atoms with E-state index in [0.29, 0.717) is 19.4 Å². The summed E-state index contributed by atoms with van der Waals surface area (Å²) in [4.78, 5) is 24.4. The SMILES string of the molecule is CC[C@@H](C(N)=O)N1CCCCCC1=O. The van der Waals surface area contributed by atoms with Crippen molar-refractivity contribution in [3.63, 3.8) is 0 Å². The second-order valence-corrected chi connectivity index (χ2v) is 3.72. The molecular weight excluding hydrogens is 180 g/mol. The smallest absolute Gasteiger partial charge is 0.240 e. The van der Waals surface area contributed by atoms with Crippen LogP contribution >= 0.6 is 0 Å². The lowest BCUT2D eigenvalue weighted by Gasteiger charge is -2.27. The van der Waals surface area contributed by atoms with Gasteiger partial charge in [-0.3, -0.25) is 9.59 Å². The van der Waals surface area contributed by atoms with Gasteiger partial charge in [-0.2, -0.15) is 0 Å². The molecule has 14 heavy (non-hydrogen) atoms. The minimum atomic E-state index is -0.402. The van der Waals surface area contributed by atoms with E-state index < -0.39 is 6.04 Å². The summed E-state index contributed by atoms with van der Waals surface area (Å²) in [6.07, 6.45) is 4.16. The molecule has 80 valence electrons. The Morgan fingerprint density at radius 3 is 2.79 bits per heavy atom. The maximum Gasteiger partial charge on any atom is 0.240 e. The summed E-state index contributed by atoms with van der Waals surface area (Å²) in [6.45, 7) is 2.56. The molecule has 0 aliphatic carbocycles. The van der Waals surface area contributed by atoms with E-state index in [2.05, 4.69) is 0 Å². The van der Waals surface area contributed by atoms with Crippen molar-refractivity contribution in [3.05, 3.63) is 0 Å². The van der Waals surface area contributed by atoms with Gasteiger partial charge in [0.15, 0.2) is 0 Å². The van der Waals surface area contributed by atoms with Gasteiger partial charge in [-0.05, 0) is 19.3 Å². The van der Waals surface area contributed by atoms with Gasteiger partial charge in [0.1, 0.15) is 6.04 Å². The minimum absolute atomic E-state index is 0.0770. The van der Waals surface area contributed by atoms with Crippen molar-refractivity contribution in [3.8, 4) is 0 Å². The second kappa shape index (κ2) is 4.98. The quantitative estimate of drug-likeness (QED) is 0.723. The number of nitrogens with zero attached hydrogens (tertiary/aromatic N) is 1. The Balaban J connectivity index is 2.70. The normalized spacial score (nSPS) is 20.4. The van der Waals surface area contributed by atoms with Crippen molar-refractivity contribution in [2.24, 2.45) is 5.73 Å². The Morgan fingerprint density at radius 2 is 2.21 bits per heavy atom. The Bertz CT molecular complexity index is 228. The number of hydrogen-bond donors (Lipinski definition) is 1. The molecule has 1 rings (SSSR count). The van der Waals surface area contributed by atoms with Crippen molar-refractivity contribution >= 4 is 11.8 Å². The molecule has 0 aromatic carbocycles. The fraction of sp³-hybridized carbons (Fsp3) is 0.800. The molecule has 0 bridgehead atoms. The predicted octanol–water partition coefficient (Wildman–Crippen LogP) is 0.653. The predicted molar refractivity (Wildman–Crippen MR) is 53.5 cm³/mol. The van der Waals surface area contributed by atoms with Gasteiger partial charge in [-0.15, -0.1) is 0 Å². The van der Waals surface area contributed by atoms with Gasteiger partial charge in [0.25, 0.3) is 0 Å². The molecule has 4 nitrogen and oxygen atoms in total. The van der Waals surface area contributed by atoms with E-state index in [1.54, 1.807) is 4.90 Å². The summed E-state index contributed by atoms with van der Waals surface area (Å²) in [7, 11) is 0. The van der Waals surface area contributed by atoms with Gasteiger partial charge in [0.05, 0.1) is 0 Å². The summed E-state index contributed by atoms with van der Waals surface area (Å²) in [5.41, 5.74) is 5.26. The van der Waals surface area contributed by atoms with Crippen LogP contribution in [-0.4, -0.2) is 29.3 Å². The molecule has 1 atom stereocenters. The van der Waals surface area contributed by atoms with Crippen LogP contribution in [0.15, 0.2) is 0 Å². The molecule has 1 aliphatic heterocycles. The van der Waals surface area contributed by atoms with Crippen LogP contribution in [-0.2, 0) is 9.59 Å². The maximum absolute atomic E-state index is 11.6. The number of nitrogens with two attached hydrogens (primary N) is 1. The van der Waals surface area contributed by atoms with Crippen molar-refractivity contribution in [1.29, 1.82) is 0 Å². The van der Waals surface area contributed by atoms with E-state index in [4.69, 9.17) is 5.73 Å². The summed E-state index contributed by atoms with van der Waals surface area (Å²) in [5, 5.41) is 0. The molecule has 0 aromatic heterocycles. The Labute approximate surface area is 84.4 Å².